The minimum atomic E-state index is -5.73. The fourth-order valence-corrected chi connectivity index (χ4v) is 10.2. The van der Waals surface area contributed by atoms with Crippen LogP contribution in [0.15, 0.2) is 49.6 Å². The van der Waals surface area contributed by atoms with Gasteiger partial charge in [-0.05, 0) is 40.9 Å². The first-order chi connectivity index (χ1) is 57.3. The van der Waals surface area contributed by atoms with Gasteiger partial charge in [-0.3, -0.25) is 18.8 Å². The van der Waals surface area contributed by atoms with Crippen molar-refractivity contribution in [3.63, 3.8) is 0 Å². The largest absolute Gasteiger partial charge is 0.453 e. The number of halogens is 13. The van der Waals surface area contributed by atoms with Crippen molar-refractivity contribution in [3.05, 3.63) is 167 Å². The van der Waals surface area contributed by atoms with Gasteiger partial charge in [0.1, 0.15) is 138 Å². The Morgan fingerprint density at radius 1 is 0.472 bits per heavy atom. The Labute approximate surface area is 679 Å². The first-order valence-corrected chi connectivity index (χ1v) is 34.9. The summed E-state index contributed by atoms with van der Waals surface area (Å²) < 4.78 is 172. The molecule has 1 aliphatic heterocycles. The molecule has 123 heavy (non-hydrogen) atoms. The molecule has 9 rings (SSSR count). The number of aliphatic hydroxyl groups is 6. The molecule has 9 heterocycles. The van der Waals surface area contributed by atoms with Crippen molar-refractivity contribution in [2.45, 2.75) is 193 Å². The number of aryl methyl sites for hydroxylation is 7. The van der Waals surface area contributed by atoms with Gasteiger partial charge >= 0.3 is 59.0 Å². The average molecular weight is 1780 g/mol. The van der Waals surface area contributed by atoms with Gasteiger partial charge in [0.05, 0.1) is 25.9 Å². The fourth-order valence-electron chi connectivity index (χ4n) is 10.2. The summed E-state index contributed by atoms with van der Waals surface area (Å²) in [5.74, 6) is -7.07. The number of ketones is 3. The zero-order chi connectivity index (χ0) is 93.6. The molecule has 0 spiro atoms. The van der Waals surface area contributed by atoms with Crippen LogP contribution in [0.25, 0.3) is 0 Å². The Morgan fingerprint density at radius 3 is 1.18 bits per heavy atom. The summed E-state index contributed by atoms with van der Waals surface area (Å²) in [6.07, 6.45) is -15.4. The third kappa shape index (κ3) is 30.7. The number of nitrogens with zero attached hydrogens (tertiary/aromatic N) is 24. The van der Waals surface area contributed by atoms with Gasteiger partial charge in [0.2, 0.25) is 6.23 Å². The molecule has 8 atom stereocenters. The molecule has 0 bridgehead atoms. The minimum Gasteiger partial charge on any atom is -0.394 e. The minimum absolute atomic E-state index is 0.0811. The number of aliphatic hydroxyl groups excluding tert-OH is 6. The third-order valence-corrected chi connectivity index (χ3v) is 16.8. The predicted octanol–water partition coefficient (Wildman–Crippen LogP) is 6.23. The Morgan fingerprint density at radius 2 is 0.829 bits per heavy atom. The number of nitro groups is 7. The van der Waals surface area contributed by atoms with E-state index in [1.165, 1.54) is 52.3 Å². The zero-order valence-corrected chi connectivity index (χ0v) is 65.1. The van der Waals surface area contributed by atoms with Gasteiger partial charge < -0.3 is 106 Å². The molecule has 682 valence electrons. The van der Waals surface area contributed by atoms with E-state index in [1.807, 2.05) is 0 Å². The number of hydrogen-bond acceptors (Lipinski definition) is 33. The van der Waals surface area contributed by atoms with E-state index in [0.717, 1.165) is 61.6 Å². The molecule has 8 aromatic heterocycles. The Kier molecular flexibility index (Phi) is 40.3. The normalized spacial score (nSPS) is 15.2. The summed E-state index contributed by atoms with van der Waals surface area (Å²) in [5.41, 5.74) is 0.418. The molecule has 61 heteroatoms. The quantitative estimate of drug-likeness (QED) is 0.0146. The highest BCUT2D eigenvalue weighted by molar-refractivity contribution is 5.79. The first-order valence-electron chi connectivity index (χ1n) is 34.9. The molecule has 1 fully saturated rings. The number of alkyl halides is 13. The highest BCUT2D eigenvalue weighted by atomic mass is 19.3. The van der Waals surface area contributed by atoms with Gasteiger partial charge in [0, 0.05) is 74.1 Å². The summed E-state index contributed by atoms with van der Waals surface area (Å²) in [6.45, 7) is 4.17. The third-order valence-electron chi connectivity index (χ3n) is 16.8. The molecule has 48 nitrogen and oxygen atoms in total. The number of imidazole rings is 7. The Hall–Kier alpha value is -12.8. The van der Waals surface area contributed by atoms with Crippen LogP contribution in [0.3, 0.4) is 0 Å². The summed E-state index contributed by atoms with van der Waals surface area (Å²) in [4.78, 5) is 130. The highest BCUT2D eigenvalue weighted by Crippen LogP contribution is 2.39. The summed E-state index contributed by atoms with van der Waals surface area (Å²) in [6, 6.07) is -0.796. The van der Waals surface area contributed by atoms with E-state index in [0.29, 0.717) is 29.0 Å². The fraction of sp³-hybridized carbons (Fsp3) is 0.581. The van der Waals surface area contributed by atoms with Crippen LogP contribution in [0.2, 0.25) is 0 Å². The van der Waals surface area contributed by atoms with E-state index in [1.54, 1.807) is 20.8 Å². The maximum atomic E-state index is 12.7. The van der Waals surface area contributed by atoms with Crippen molar-refractivity contribution >= 4 is 58.1 Å². The zero-order valence-electron chi connectivity index (χ0n) is 65.1. The van der Waals surface area contributed by atoms with Crippen molar-refractivity contribution in [2.24, 2.45) is 0 Å². The topological polar surface area (TPSA) is 639 Å². The molecule has 0 amide bonds. The van der Waals surface area contributed by atoms with Crippen LogP contribution in [-0.4, -0.2) is 259 Å². The molecular weight excluding hydrogens is 1700 g/mol. The van der Waals surface area contributed by atoms with Gasteiger partial charge in [-0.25, -0.2) is 84.5 Å². The second-order valence-electron chi connectivity index (χ2n) is 25.6. The van der Waals surface area contributed by atoms with Crippen LogP contribution in [0, 0.1) is 119 Å². The number of ether oxygens (including phenoxy) is 1. The summed E-state index contributed by atoms with van der Waals surface area (Å²) in [5, 5.41) is 138. The van der Waals surface area contributed by atoms with E-state index < -0.39 is 204 Å². The molecule has 1 aliphatic rings. The highest BCUT2D eigenvalue weighted by Gasteiger charge is 2.57. The van der Waals surface area contributed by atoms with Crippen LogP contribution in [0.1, 0.15) is 97.3 Å². The van der Waals surface area contributed by atoms with Crippen molar-refractivity contribution in [1.29, 1.82) is 0 Å². The van der Waals surface area contributed by atoms with E-state index in [-0.39, 0.29) is 91.4 Å². The number of hydrogen-bond donors (Lipinski definition) is 6. The lowest BCUT2D eigenvalue weighted by Gasteiger charge is -2.18. The summed E-state index contributed by atoms with van der Waals surface area (Å²) in [7, 11) is 0. The molecular formula is C62H79F13N24O24. The number of aromatic nitrogens is 17. The van der Waals surface area contributed by atoms with Crippen molar-refractivity contribution in [1.82, 2.24) is 81.9 Å². The van der Waals surface area contributed by atoms with Gasteiger partial charge in [0.15, 0.2) is 77.8 Å². The maximum Gasteiger partial charge on any atom is 0.453 e. The molecule has 0 radical (unpaired) electrons. The van der Waals surface area contributed by atoms with E-state index >= 15 is 0 Å². The average Bonchev–Trinajstić information content (AvgIpc) is 1.63. The lowest BCUT2D eigenvalue weighted by molar-refractivity contribution is -0.394. The van der Waals surface area contributed by atoms with E-state index in [2.05, 4.69) is 45.2 Å². The Bertz CT molecular complexity index is 4870. The molecule has 0 aromatic carbocycles. The van der Waals surface area contributed by atoms with Crippen LogP contribution in [-0.2, 0) is 58.4 Å². The second-order valence-corrected chi connectivity index (χ2v) is 25.6. The molecule has 8 unspecified atom stereocenters. The van der Waals surface area contributed by atoms with Crippen LogP contribution >= 0.6 is 0 Å². The van der Waals surface area contributed by atoms with Crippen molar-refractivity contribution in [3.8, 4) is 0 Å². The van der Waals surface area contributed by atoms with Crippen LogP contribution < -0.4 is 0 Å². The van der Waals surface area contributed by atoms with E-state index in [4.69, 9.17) is 20.1 Å². The van der Waals surface area contributed by atoms with Crippen molar-refractivity contribution < 1.29 is 141 Å². The standard InChI is InChI=1S/C10H10F5N3O3.C10H13FN6O3.C9H10F3N3O3.C9H12FN3O5.C9H12FN3O3.C8H12FN3O4.C7H10FN3O3/c1-6-16-4-8(18(20)21)17(6)5-7(19)2-3-9(11,12)10(13,14)15;1-7-12-3-10(17(19)20)15(7)4-8-5-16(14-13-8)9(2-11)6-18;1-6-13-4-8(15(17)18)14(6)5-7(16)2-3-9(10,11)12;1-4-11-3-6(13(16)17)12(4)9-8(15)7(14)5(2-10)18-9;1-7-11-5-9(13(15)16)12(7)6-8(14)3-2-4-10;1-5-10-3-8(12(15)16)11(5)4-7(14)6(13)2-9;1-5-9-3-7(11(13)14)10(5)4-6(12)2-8/h4H,2-3,5H2,1H3;3,5,9,18H,2,4,6H2,1H3;4H,2-3,5H2,1H3;3,5,7-9,14-15H,2H2,1H3;5H,2-4,6H2,1H3;3,6-7,13-14H,2,4H2,1H3;3,6,12H,2,4H2,1H3/i13-1;11-1;3*10-1;9-1;8-1. The second kappa shape index (κ2) is 47.4. The van der Waals surface area contributed by atoms with Gasteiger partial charge in [0.25, 0.3) is 0 Å². The van der Waals surface area contributed by atoms with Gasteiger partial charge in [-0.15, -0.1) is 5.10 Å². The lowest BCUT2D eigenvalue weighted by atomic mass is 10.1. The molecule has 6 N–H and O–H groups in total. The van der Waals surface area contributed by atoms with Crippen molar-refractivity contribution in [2.75, 3.05) is 40.0 Å². The molecule has 0 aliphatic carbocycles. The monoisotopic (exact) mass is 1780 g/mol. The molecule has 1 saturated heterocycles. The van der Waals surface area contributed by atoms with Crippen LogP contribution in [0.4, 0.5) is 97.8 Å². The molecule has 0 saturated carbocycles. The number of carbonyl (C=O) groups is 3. The predicted molar refractivity (Wildman–Crippen MR) is 384 cm³/mol. The SMILES string of the molecule is Cc1ncc([N+](=O)[O-])n1C1OC(C[18F])C(O)C1O.Cc1ncc([N+](=O)[O-])n1CC(=O)CCC(F)(F)C(F)(F)[18F].Cc1ncc([N+](=O)[O-])n1CC(=O)CCC(F)(F)[18F].Cc1ncc([N+](=O)[O-])n1CC(=O)CCC[18F].Cc1ncc([N+](=O)[O-])n1CC(O)C(O)C[18F].Cc1ncc([N+](=O)[O-])n1CC(O)C[18F].Cc1ncc([N+](=O)[O-])n1Cc1cn(C(CO)C[18F])nn1. The van der Waals surface area contributed by atoms with Gasteiger partial charge in [-0.2, -0.15) is 39.7 Å². The van der Waals surface area contributed by atoms with Gasteiger partial charge in [-0.1, -0.05) is 5.21 Å². The lowest BCUT2D eigenvalue weighted by Crippen LogP contribution is -2.36. The number of rotatable bonds is 35. The number of carbonyl (C=O) groups excluding carboxylic acids is 3. The maximum absolute atomic E-state index is 12.7. The van der Waals surface area contributed by atoms with Crippen LogP contribution in [0.5, 0.6) is 0 Å². The Balaban J connectivity index is 0.000000372. The number of Topliss-reactive ketones (excluding diaryl/α,β-unsaturated/α-hetero) is 3. The smallest absolute Gasteiger partial charge is 0.394 e. The molecule has 8 aromatic rings. The summed E-state index contributed by atoms with van der Waals surface area (Å²) >= 11 is 0. The van der Waals surface area contributed by atoms with E-state index in [9.17, 15) is 158 Å². The first kappa shape index (κ1) is 104.